The molecule has 0 aromatic carbocycles. The Kier molecular flexibility index (Phi) is 4.06. The summed E-state index contributed by atoms with van der Waals surface area (Å²) in [5.41, 5.74) is 0.299. The van der Waals surface area contributed by atoms with E-state index in [1.807, 2.05) is 0 Å². The van der Waals surface area contributed by atoms with Crippen molar-refractivity contribution in [1.29, 1.82) is 0 Å². The molecule has 1 atom stereocenters. The predicted molar refractivity (Wildman–Crippen MR) is 64.3 cm³/mol. The smallest absolute Gasteiger partial charge is 0.274 e. The van der Waals surface area contributed by atoms with Gasteiger partial charge in [0.15, 0.2) is 5.69 Å². The molecule has 1 aliphatic heterocycles. The Morgan fingerprint density at radius 2 is 2.44 bits per heavy atom. The summed E-state index contributed by atoms with van der Waals surface area (Å²) in [6, 6.07) is 3.33. The zero-order chi connectivity index (χ0) is 13.0. The van der Waals surface area contributed by atoms with Crippen molar-refractivity contribution < 1.29 is 14.6 Å². The monoisotopic (exact) mass is 252 g/mol. The molecule has 0 radical (unpaired) electrons. The number of nitrogens with zero attached hydrogens (tertiary/aromatic N) is 3. The highest BCUT2D eigenvalue weighted by molar-refractivity contribution is 5.92. The van der Waals surface area contributed by atoms with E-state index in [1.54, 1.807) is 24.1 Å². The van der Waals surface area contributed by atoms with Crippen molar-refractivity contribution in [2.75, 3.05) is 38.7 Å². The number of ether oxygens (including phenoxy) is 1. The number of carbonyl (C=O) groups excluding carboxylic acids is 1. The minimum absolute atomic E-state index is 0.0891. The lowest BCUT2D eigenvalue weighted by atomic mass is 10.2. The number of aliphatic hydroxyl groups excluding tert-OH is 1. The van der Waals surface area contributed by atoms with Gasteiger partial charge in [-0.15, -0.1) is 10.2 Å². The van der Waals surface area contributed by atoms with Gasteiger partial charge in [-0.2, -0.15) is 0 Å². The van der Waals surface area contributed by atoms with Crippen LogP contribution in [0.4, 0.5) is 5.82 Å². The van der Waals surface area contributed by atoms with Crippen molar-refractivity contribution in [3.05, 3.63) is 17.8 Å². The van der Waals surface area contributed by atoms with Crippen LogP contribution >= 0.6 is 0 Å². The van der Waals surface area contributed by atoms with Crippen LogP contribution in [0.2, 0.25) is 0 Å². The van der Waals surface area contributed by atoms with Crippen molar-refractivity contribution >= 4 is 11.7 Å². The number of rotatable bonds is 3. The van der Waals surface area contributed by atoms with Gasteiger partial charge in [-0.1, -0.05) is 0 Å². The van der Waals surface area contributed by atoms with E-state index >= 15 is 0 Å². The molecule has 2 N–H and O–H groups in total. The molecule has 1 fully saturated rings. The lowest BCUT2D eigenvalue weighted by Gasteiger charge is -2.31. The standard InChI is InChI=1S/C11H16N4O3/c1-12-10-3-2-9(13-14-10)11(17)15-4-5-18-8(6-15)7-16/h2-3,8,16H,4-7H2,1H3,(H,12,14). The number of hydrogen-bond acceptors (Lipinski definition) is 6. The summed E-state index contributed by atoms with van der Waals surface area (Å²) in [6.45, 7) is 1.22. The summed E-state index contributed by atoms with van der Waals surface area (Å²) < 4.78 is 5.29. The van der Waals surface area contributed by atoms with Crippen LogP contribution in [0, 0.1) is 0 Å². The Hall–Kier alpha value is -1.73. The van der Waals surface area contributed by atoms with Crippen LogP contribution in [0.25, 0.3) is 0 Å². The molecule has 1 saturated heterocycles. The van der Waals surface area contributed by atoms with Crippen molar-refractivity contribution in [3.8, 4) is 0 Å². The first kappa shape index (κ1) is 12.7. The lowest BCUT2D eigenvalue weighted by molar-refractivity contribution is -0.0448. The number of amides is 1. The first-order chi connectivity index (χ1) is 8.74. The number of carbonyl (C=O) groups is 1. The molecule has 0 spiro atoms. The van der Waals surface area contributed by atoms with Crippen molar-refractivity contribution in [1.82, 2.24) is 15.1 Å². The van der Waals surface area contributed by atoms with Crippen molar-refractivity contribution in [2.24, 2.45) is 0 Å². The Balaban J connectivity index is 2.05. The van der Waals surface area contributed by atoms with Crippen LogP contribution in [0.15, 0.2) is 12.1 Å². The van der Waals surface area contributed by atoms with Gasteiger partial charge in [0, 0.05) is 20.1 Å². The Morgan fingerprint density at radius 3 is 3.06 bits per heavy atom. The molecule has 2 rings (SSSR count). The number of nitrogens with one attached hydrogen (secondary N) is 1. The molecule has 0 aliphatic carbocycles. The largest absolute Gasteiger partial charge is 0.394 e. The Morgan fingerprint density at radius 1 is 1.61 bits per heavy atom. The lowest BCUT2D eigenvalue weighted by Crippen LogP contribution is -2.47. The predicted octanol–water partition coefficient (Wildman–Crippen LogP) is -0.648. The normalized spacial score (nSPS) is 19.7. The van der Waals surface area contributed by atoms with E-state index in [-0.39, 0.29) is 18.6 Å². The molecule has 1 aromatic rings. The number of aliphatic hydroxyl groups is 1. The number of hydrogen-bond donors (Lipinski definition) is 2. The van der Waals surface area contributed by atoms with Gasteiger partial charge < -0.3 is 20.1 Å². The SMILES string of the molecule is CNc1ccc(C(=O)N2CCOC(CO)C2)nn1. The average Bonchev–Trinajstić information content (AvgIpc) is 2.46. The number of morpholine rings is 1. The minimum atomic E-state index is -0.313. The van der Waals surface area contributed by atoms with E-state index < -0.39 is 0 Å². The first-order valence-corrected chi connectivity index (χ1v) is 5.78. The summed E-state index contributed by atoms with van der Waals surface area (Å²) in [7, 11) is 1.74. The van der Waals surface area contributed by atoms with Crippen LogP contribution < -0.4 is 5.32 Å². The molecule has 7 nitrogen and oxygen atoms in total. The molecule has 0 bridgehead atoms. The second-order valence-electron chi connectivity index (χ2n) is 3.98. The molecule has 1 aromatic heterocycles. The molecule has 1 amide bonds. The van der Waals surface area contributed by atoms with E-state index in [9.17, 15) is 4.79 Å². The summed E-state index contributed by atoms with van der Waals surface area (Å²) in [5.74, 6) is 0.425. The highest BCUT2D eigenvalue weighted by atomic mass is 16.5. The van der Waals surface area contributed by atoms with Crippen LogP contribution in [0.3, 0.4) is 0 Å². The summed E-state index contributed by atoms with van der Waals surface area (Å²) in [5, 5.41) is 19.6. The molecule has 1 aliphatic rings. The molecular formula is C11H16N4O3. The van der Waals surface area contributed by atoms with Crippen LogP contribution in [0.5, 0.6) is 0 Å². The maximum Gasteiger partial charge on any atom is 0.274 e. The van der Waals surface area contributed by atoms with Gasteiger partial charge >= 0.3 is 0 Å². The minimum Gasteiger partial charge on any atom is -0.394 e. The fourth-order valence-corrected chi connectivity index (χ4v) is 1.76. The summed E-state index contributed by atoms with van der Waals surface area (Å²) >= 11 is 0. The first-order valence-electron chi connectivity index (χ1n) is 5.78. The summed E-state index contributed by atoms with van der Waals surface area (Å²) in [4.78, 5) is 13.7. The third-order valence-electron chi connectivity index (χ3n) is 2.77. The number of anilines is 1. The molecule has 98 valence electrons. The van der Waals surface area contributed by atoms with E-state index in [2.05, 4.69) is 15.5 Å². The van der Waals surface area contributed by atoms with Gasteiger partial charge in [-0.3, -0.25) is 4.79 Å². The fourth-order valence-electron chi connectivity index (χ4n) is 1.76. The second-order valence-corrected chi connectivity index (χ2v) is 3.98. The van der Waals surface area contributed by atoms with Crippen molar-refractivity contribution in [3.63, 3.8) is 0 Å². The van der Waals surface area contributed by atoms with Crippen LogP contribution in [0.1, 0.15) is 10.5 Å². The molecule has 7 heteroatoms. The molecule has 2 heterocycles. The van der Waals surface area contributed by atoms with E-state index in [4.69, 9.17) is 9.84 Å². The maximum atomic E-state index is 12.1. The highest BCUT2D eigenvalue weighted by Crippen LogP contribution is 2.09. The van der Waals surface area contributed by atoms with Crippen molar-refractivity contribution in [2.45, 2.75) is 6.10 Å². The van der Waals surface area contributed by atoms with E-state index in [0.29, 0.717) is 31.2 Å². The van der Waals surface area contributed by atoms with E-state index in [0.717, 1.165) is 0 Å². The highest BCUT2D eigenvalue weighted by Gasteiger charge is 2.25. The Labute approximate surface area is 105 Å². The molecule has 18 heavy (non-hydrogen) atoms. The summed E-state index contributed by atoms with van der Waals surface area (Å²) in [6.07, 6.45) is -0.313. The fraction of sp³-hybridized carbons (Fsp3) is 0.545. The second kappa shape index (κ2) is 5.74. The van der Waals surface area contributed by atoms with Crippen LogP contribution in [-0.4, -0.2) is 65.6 Å². The zero-order valence-corrected chi connectivity index (χ0v) is 10.2. The zero-order valence-electron chi connectivity index (χ0n) is 10.2. The van der Waals surface area contributed by atoms with E-state index in [1.165, 1.54) is 0 Å². The van der Waals surface area contributed by atoms with Gasteiger partial charge in [0.1, 0.15) is 5.82 Å². The van der Waals surface area contributed by atoms with Crippen LogP contribution in [-0.2, 0) is 4.74 Å². The van der Waals surface area contributed by atoms with Gasteiger partial charge in [-0.25, -0.2) is 0 Å². The van der Waals surface area contributed by atoms with Gasteiger partial charge in [-0.05, 0) is 12.1 Å². The molecular weight excluding hydrogens is 236 g/mol. The molecule has 1 unspecified atom stereocenters. The topological polar surface area (TPSA) is 87.6 Å². The van der Waals surface area contributed by atoms with Gasteiger partial charge in [0.2, 0.25) is 0 Å². The molecule has 0 saturated carbocycles. The maximum absolute atomic E-state index is 12.1. The average molecular weight is 252 g/mol. The van der Waals surface area contributed by atoms with Gasteiger partial charge in [0.25, 0.3) is 5.91 Å². The third kappa shape index (κ3) is 2.74. The number of aromatic nitrogens is 2. The quantitative estimate of drug-likeness (QED) is 0.743. The van der Waals surface area contributed by atoms with Gasteiger partial charge in [0.05, 0.1) is 19.3 Å². The third-order valence-corrected chi connectivity index (χ3v) is 2.77. The Bertz CT molecular complexity index is 409.